The molecule has 0 radical (unpaired) electrons. The van der Waals surface area contributed by atoms with Gasteiger partial charge in [-0.3, -0.25) is 20.0 Å². The first-order chi connectivity index (χ1) is 9.66. The highest BCUT2D eigenvalue weighted by atomic mass is 32.1. The first-order valence-electron chi connectivity index (χ1n) is 6.27. The number of amides is 2. The molecule has 3 heterocycles. The Kier molecular flexibility index (Phi) is 3.27. The Morgan fingerprint density at radius 2 is 2.40 bits per heavy atom. The van der Waals surface area contributed by atoms with Gasteiger partial charge in [-0.1, -0.05) is 5.16 Å². The second-order valence-corrected chi connectivity index (χ2v) is 5.34. The van der Waals surface area contributed by atoms with E-state index in [2.05, 4.69) is 10.6 Å². The van der Waals surface area contributed by atoms with Crippen LogP contribution in [0.1, 0.15) is 29.0 Å². The van der Waals surface area contributed by atoms with E-state index in [1.807, 2.05) is 16.8 Å². The maximum absolute atomic E-state index is 12.3. The highest BCUT2D eigenvalue weighted by Gasteiger charge is 2.27. The van der Waals surface area contributed by atoms with Crippen LogP contribution in [0.25, 0.3) is 11.3 Å². The Labute approximate surface area is 119 Å². The van der Waals surface area contributed by atoms with Crippen LogP contribution in [0.5, 0.6) is 0 Å². The van der Waals surface area contributed by atoms with Gasteiger partial charge >= 0.3 is 0 Å². The number of thiophene rings is 1. The van der Waals surface area contributed by atoms with Crippen LogP contribution >= 0.6 is 11.3 Å². The van der Waals surface area contributed by atoms with E-state index in [1.54, 1.807) is 6.92 Å². The predicted octanol–water partition coefficient (Wildman–Crippen LogP) is 1.98. The molecule has 0 spiro atoms. The molecule has 1 fully saturated rings. The van der Waals surface area contributed by atoms with Crippen LogP contribution in [-0.2, 0) is 4.79 Å². The molecule has 1 aliphatic heterocycles. The molecule has 2 aromatic rings. The number of rotatable bonds is 3. The van der Waals surface area contributed by atoms with Gasteiger partial charge in [0.1, 0.15) is 17.0 Å². The zero-order valence-corrected chi connectivity index (χ0v) is 11.7. The van der Waals surface area contributed by atoms with Gasteiger partial charge in [-0.2, -0.15) is 11.3 Å². The normalized spacial score (nSPS) is 14.8. The summed E-state index contributed by atoms with van der Waals surface area (Å²) in [6, 6.07) is 1.87. The van der Waals surface area contributed by atoms with Crippen molar-refractivity contribution in [1.29, 1.82) is 0 Å². The zero-order chi connectivity index (χ0) is 14.1. The van der Waals surface area contributed by atoms with Crippen LogP contribution in [0.15, 0.2) is 21.3 Å². The zero-order valence-electron chi connectivity index (χ0n) is 10.9. The lowest BCUT2D eigenvalue weighted by Gasteiger charge is -2.16. The summed E-state index contributed by atoms with van der Waals surface area (Å²) in [6.07, 6.45) is 1.24. The van der Waals surface area contributed by atoms with Crippen molar-refractivity contribution in [3.63, 3.8) is 0 Å². The van der Waals surface area contributed by atoms with Gasteiger partial charge in [0, 0.05) is 23.9 Å². The summed E-state index contributed by atoms with van der Waals surface area (Å²) in [5, 5.41) is 9.10. The van der Waals surface area contributed by atoms with E-state index in [0.29, 0.717) is 30.0 Å². The van der Waals surface area contributed by atoms with Gasteiger partial charge < -0.3 is 4.52 Å². The summed E-state index contributed by atoms with van der Waals surface area (Å²) in [5.74, 6) is 0.0140. The quantitative estimate of drug-likeness (QED) is 0.938. The second kappa shape index (κ2) is 5.09. The highest BCUT2D eigenvalue weighted by molar-refractivity contribution is 7.08. The summed E-state index contributed by atoms with van der Waals surface area (Å²) in [4.78, 5) is 23.9. The number of nitrogens with zero attached hydrogens (tertiary/aromatic N) is 2. The molecule has 2 aromatic heterocycles. The van der Waals surface area contributed by atoms with Crippen molar-refractivity contribution >= 4 is 23.2 Å². The summed E-state index contributed by atoms with van der Waals surface area (Å²) in [6.45, 7) is 2.23. The van der Waals surface area contributed by atoms with Crippen LogP contribution in [0.4, 0.5) is 0 Å². The first-order valence-corrected chi connectivity index (χ1v) is 7.21. The molecule has 20 heavy (non-hydrogen) atoms. The molecule has 0 atom stereocenters. The van der Waals surface area contributed by atoms with E-state index in [9.17, 15) is 9.59 Å². The summed E-state index contributed by atoms with van der Waals surface area (Å²) in [5.41, 5.74) is 4.35. The lowest BCUT2D eigenvalue weighted by Crippen LogP contribution is -2.43. The Morgan fingerprint density at radius 1 is 1.55 bits per heavy atom. The number of carbonyl (C=O) groups excluding carboxylic acids is 2. The van der Waals surface area contributed by atoms with Crippen LogP contribution in [0, 0.1) is 6.92 Å². The van der Waals surface area contributed by atoms with Gasteiger partial charge in [0.05, 0.1) is 0 Å². The van der Waals surface area contributed by atoms with Crippen molar-refractivity contribution in [3.8, 4) is 11.3 Å². The van der Waals surface area contributed by atoms with Crippen molar-refractivity contribution in [2.24, 2.45) is 0 Å². The third-order valence-electron chi connectivity index (χ3n) is 3.19. The number of nitrogens with one attached hydrogen (secondary N) is 1. The monoisotopic (exact) mass is 291 g/mol. The molecule has 1 N–H and O–H groups in total. The van der Waals surface area contributed by atoms with E-state index < -0.39 is 0 Å². The van der Waals surface area contributed by atoms with Crippen molar-refractivity contribution in [1.82, 2.24) is 15.6 Å². The molecule has 1 aliphatic rings. The fraction of sp³-hybridized carbons (Fsp3) is 0.308. The Bertz CT molecular complexity index is 648. The van der Waals surface area contributed by atoms with Gasteiger partial charge in [0.15, 0.2) is 0 Å². The van der Waals surface area contributed by atoms with Crippen LogP contribution in [0.2, 0.25) is 0 Å². The van der Waals surface area contributed by atoms with Crippen LogP contribution in [0.3, 0.4) is 0 Å². The molecule has 0 aromatic carbocycles. The number of carbonyl (C=O) groups is 2. The van der Waals surface area contributed by atoms with Gasteiger partial charge in [-0.05, 0) is 24.8 Å². The number of aromatic nitrogens is 1. The SMILES string of the molecule is Cc1onc(-c2ccsc2)c1C(=O)NN1CCCC1=O. The van der Waals surface area contributed by atoms with Crippen molar-refractivity contribution in [3.05, 3.63) is 28.2 Å². The minimum Gasteiger partial charge on any atom is -0.360 e. The van der Waals surface area contributed by atoms with Crippen LogP contribution < -0.4 is 5.43 Å². The fourth-order valence-electron chi connectivity index (χ4n) is 2.18. The number of hydrogen-bond acceptors (Lipinski definition) is 5. The number of hydrogen-bond donors (Lipinski definition) is 1. The molecule has 0 unspecified atom stereocenters. The van der Waals surface area contributed by atoms with Gasteiger partial charge in [0.2, 0.25) is 5.91 Å². The molecule has 0 aliphatic carbocycles. The van der Waals surface area contributed by atoms with E-state index in [4.69, 9.17) is 4.52 Å². The Morgan fingerprint density at radius 3 is 3.05 bits per heavy atom. The summed E-state index contributed by atoms with van der Waals surface area (Å²) in [7, 11) is 0. The average molecular weight is 291 g/mol. The van der Waals surface area contributed by atoms with Crippen LogP contribution in [-0.4, -0.2) is 28.5 Å². The highest BCUT2D eigenvalue weighted by Crippen LogP contribution is 2.27. The lowest BCUT2D eigenvalue weighted by atomic mass is 10.1. The molecule has 6 nitrogen and oxygen atoms in total. The van der Waals surface area contributed by atoms with E-state index in [-0.39, 0.29) is 11.8 Å². The smallest absolute Gasteiger partial charge is 0.275 e. The maximum Gasteiger partial charge on any atom is 0.275 e. The van der Waals surface area contributed by atoms with Gasteiger partial charge in [-0.25, -0.2) is 0 Å². The van der Waals surface area contributed by atoms with E-state index in [1.165, 1.54) is 16.3 Å². The minimum atomic E-state index is -0.361. The predicted molar refractivity (Wildman–Crippen MR) is 73.0 cm³/mol. The molecule has 1 saturated heterocycles. The van der Waals surface area contributed by atoms with E-state index in [0.717, 1.165) is 12.0 Å². The molecular formula is C13H13N3O3S. The molecule has 0 bridgehead atoms. The van der Waals surface area contributed by atoms with Crippen molar-refractivity contribution in [2.45, 2.75) is 19.8 Å². The molecule has 7 heteroatoms. The third-order valence-corrected chi connectivity index (χ3v) is 3.88. The largest absolute Gasteiger partial charge is 0.360 e. The standard InChI is InChI=1S/C13H13N3O3S/c1-8-11(12(15-19-8)9-4-6-20-7-9)13(18)14-16-5-2-3-10(16)17/h4,6-7H,2-3,5H2,1H3,(H,14,18). The summed E-state index contributed by atoms with van der Waals surface area (Å²) >= 11 is 1.52. The van der Waals surface area contributed by atoms with Gasteiger partial charge in [0.25, 0.3) is 5.91 Å². The van der Waals surface area contributed by atoms with Gasteiger partial charge in [-0.15, -0.1) is 0 Å². The Hall–Kier alpha value is -2.15. The molecule has 2 amide bonds. The minimum absolute atomic E-state index is 0.0652. The van der Waals surface area contributed by atoms with Crippen molar-refractivity contribution < 1.29 is 14.1 Å². The third kappa shape index (κ3) is 2.20. The maximum atomic E-state index is 12.3. The topological polar surface area (TPSA) is 75.4 Å². The number of aryl methyl sites for hydroxylation is 1. The summed E-state index contributed by atoms with van der Waals surface area (Å²) < 4.78 is 5.12. The second-order valence-electron chi connectivity index (χ2n) is 4.56. The molecule has 3 rings (SSSR count). The first kappa shape index (κ1) is 12.9. The van der Waals surface area contributed by atoms with Crippen molar-refractivity contribution in [2.75, 3.05) is 6.54 Å². The molecular weight excluding hydrogens is 278 g/mol. The molecule has 0 saturated carbocycles. The number of hydrazine groups is 1. The Balaban J connectivity index is 1.88. The molecule has 104 valence electrons. The van der Waals surface area contributed by atoms with E-state index >= 15 is 0 Å². The average Bonchev–Trinajstić information content (AvgIpc) is 3.11. The lowest BCUT2D eigenvalue weighted by molar-refractivity contribution is -0.129. The fourth-order valence-corrected chi connectivity index (χ4v) is 2.82.